The van der Waals surface area contributed by atoms with E-state index < -0.39 is 28.6 Å². The lowest BCUT2D eigenvalue weighted by Gasteiger charge is -2.27. The van der Waals surface area contributed by atoms with Crippen LogP contribution in [-0.2, 0) is 14.8 Å². The predicted molar refractivity (Wildman–Crippen MR) is 117 cm³/mol. The molecule has 30 heavy (non-hydrogen) atoms. The van der Waals surface area contributed by atoms with Crippen molar-refractivity contribution in [2.24, 2.45) is 5.73 Å². The number of sulfonamides is 1. The highest BCUT2D eigenvalue weighted by Crippen LogP contribution is 2.37. The average Bonchev–Trinajstić information content (AvgIpc) is 2.72. The van der Waals surface area contributed by atoms with Crippen LogP contribution in [-0.4, -0.2) is 26.0 Å². The Morgan fingerprint density at radius 1 is 0.967 bits per heavy atom. The number of aliphatic hydroxyl groups is 1. The molecule has 0 aromatic heterocycles. The van der Waals surface area contributed by atoms with Gasteiger partial charge in [-0.2, -0.15) is 0 Å². The van der Waals surface area contributed by atoms with Crippen molar-refractivity contribution >= 4 is 44.8 Å². The van der Waals surface area contributed by atoms with Gasteiger partial charge in [0, 0.05) is 21.2 Å². The Kier molecular flexibility index (Phi) is 6.67. The molecule has 0 aliphatic carbocycles. The lowest BCUT2D eigenvalue weighted by Crippen LogP contribution is -2.39. The molecule has 156 valence electrons. The van der Waals surface area contributed by atoms with Crippen LogP contribution < -0.4 is 10.0 Å². The van der Waals surface area contributed by atoms with Gasteiger partial charge in [-0.25, -0.2) is 8.42 Å². The van der Waals surface area contributed by atoms with E-state index >= 15 is 0 Å². The summed E-state index contributed by atoms with van der Waals surface area (Å²) in [6, 6.07) is 18.5. The number of carbonyl (C=O) groups excluding carboxylic acids is 1. The van der Waals surface area contributed by atoms with Gasteiger partial charge in [-0.05, 0) is 36.4 Å². The summed E-state index contributed by atoms with van der Waals surface area (Å²) in [5.74, 6) is -0.859. The van der Waals surface area contributed by atoms with Crippen LogP contribution in [0.1, 0.15) is 17.2 Å². The summed E-state index contributed by atoms with van der Waals surface area (Å²) in [7, 11) is -4.17. The standard InChI is InChI=1S/C21H18Cl2N2O4S/c22-14-10-11-19(17(12-14)21(27)16-8-4-5-9-18(16)23)25(13-20(24)26)30(28,29)15-6-2-1-3-7-15/h1-12,21,27H,13H2,(H2,24,26). The average molecular weight is 465 g/mol. The van der Waals surface area contributed by atoms with Crippen molar-refractivity contribution < 1.29 is 18.3 Å². The maximum Gasteiger partial charge on any atom is 0.264 e. The first-order valence-corrected chi connectivity index (χ1v) is 11.0. The SMILES string of the molecule is NC(=O)CN(c1ccc(Cl)cc1C(O)c1ccccc1Cl)S(=O)(=O)c1ccccc1. The van der Waals surface area contributed by atoms with Crippen molar-refractivity contribution in [2.75, 3.05) is 10.8 Å². The summed E-state index contributed by atoms with van der Waals surface area (Å²) < 4.78 is 27.5. The molecule has 1 amide bonds. The Morgan fingerprint density at radius 2 is 1.60 bits per heavy atom. The van der Waals surface area contributed by atoms with Gasteiger partial charge in [-0.15, -0.1) is 0 Å². The summed E-state index contributed by atoms with van der Waals surface area (Å²) >= 11 is 12.3. The number of halogens is 2. The lowest BCUT2D eigenvalue weighted by molar-refractivity contribution is -0.116. The van der Waals surface area contributed by atoms with Gasteiger partial charge in [-0.1, -0.05) is 59.6 Å². The Morgan fingerprint density at radius 3 is 2.23 bits per heavy atom. The molecule has 0 radical (unpaired) electrons. The third-order valence-electron chi connectivity index (χ3n) is 4.38. The number of nitrogens with two attached hydrogens (primary N) is 1. The van der Waals surface area contributed by atoms with Crippen molar-refractivity contribution in [3.8, 4) is 0 Å². The van der Waals surface area contributed by atoms with Crippen LogP contribution in [0.3, 0.4) is 0 Å². The molecule has 1 unspecified atom stereocenters. The summed E-state index contributed by atoms with van der Waals surface area (Å²) in [5.41, 5.74) is 5.93. The zero-order valence-corrected chi connectivity index (χ0v) is 17.9. The highest BCUT2D eigenvalue weighted by molar-refractivity contribution is 7.92. The van der Waals surface area contributed by atoms with Gasteiger partial charge in [-0.3, -0.25) is 9.10 Å². The van der Waals surface area contributed by atoms with Gasteiger partial charge in [0.1, 0.15) is 12.6 Å². The minimum Gasteiger partial charge on any atom is -0.384 e. The van der Waals surface area contributed by atoms with Gasteiger partial charge >= 0.3 is 0 Å². The zero-order chi connectivity index (χ0) is 21.9. The van der Waals surface area contributed by atoms with Crippen LogP contribution in [0.25, 0.3) is 0 Å². The minimum absolute atomic E-state index is 0.0283. The van der Waals surface area contributed by atoms with E-state index in [2.05, 4.69) is 0 Å². The summed E-state index contributed by atoms with van der Waals surface area (Å²) in [6.45, 7) is -0.624. The van der Waals surface area contributed by atoms with Crippen molar-refractivity contribution in [1.82, 2.24) is 0 Å². The smallest absolute Gasteiger partial charge is 0.264 e. The van der Waals surface area contributed by atoms with Gasteiger partial charge < -0.3 is 10.8 Å². The molecule has 9 heteroatoms. The first kappa shape index (κ1) is 22.1. The number of primary amides is 1. The molecule has 0 saturated carbocycles. The second-order valence-electron chi connectivity index (χ2n) is 6.42. The van der Waals surface area contributed by atoms with Crippen molar-refractivity contribution in [3.63, 3.8) is 0 Å². The lowest BCUT2D eigenvalue weighted by atomic mass is 9.99. The Bertz CT molecular complexity index is 1170. The molecule has 6 nitrogen and oxygen atoms in total. The largest absolute Gasteiger partial charge is 0.384 e. The third-order valence-corrected chi connectivity index (χ3v) is 6.74. The Balaban J connectivity index is 2.20. The molecular formula is C21H18Cl2N2O4S. The Hall–Kier alpha value is -2.58. The predicted octanol–water partition coefficient (Wildman–Crippen LogP) is 3.76. The molecule has 0 spiro atoms. The summed E-state index contributed by atoms with van der Waals surface area (Å²) in [4.78, 5) is 11.7. The summed E-state index contributed by atoms with van der Waals surface area (Å²) in [6.07, 6.45) is -1.30. The van der Waals surface area contributed by atoms with Crippen LogP contribution in [0.2, 0.25) is 10.0 Å². The number of nitrogens with zero attached hydrogens (tertiary/aromatic N) is 1. The highest BCUT2D eigenvalue weighted by Gasteiger charge is 2.30. The van der Waals surface area contributed by atoms with E-state index in [1.807, 2.05) is 0 Å². The van der Waals surface area contributed by atoms with Crippen LogP contribution in [0.4, 0.5) is 5.69 Å². The number of anilines is 1. The number of aliphatic hydroxyl groups excluding tert-OH is 1. The second kappa shape index (κ2) is 9.06. The van der Waals surface area contributed by atoms with E-state index in [1.54, 1.807) is 42.5 Å². The molecule has 3 rings (SSSR count). The number of benzene rings is 3. The van der Waals surface area contributed by atoms with Crippen LogP contribution >= 0.6 is 23.2 Å². The monoisotopic (exact) mass is 464 g/mol. The molecule has 3 aromatic rings. The van der Waals surface area contributed by atoms with E-state index in [9.17, 15) is 18.3 Å². The molecular weight excluding hydrogens is 447 g/mol. The number of hydrogen-bond acceptors (Lipinski definition) is 4. The first-order chi connectivity index (χ1) is 14.2. The number of carbonyl (C=O) groups is 1. The van der Waals surface area contributed by atoms with E-state index in [0.29, 0.717) is 10.6 Å². The van der Waals surface area contributed by atoms with E-state index in [4.69, 9.17) is 28.9 Å². The number of hydrogen-bond donors (Lipinski definition) is 2. The fourth-order valence-electron chi connectivity index (χ4n) is 3.00. The van der Waals surface area contributed by atoms with Gasteiger partial charge in [0.15, 0.2) is 0 Å². The first-order valence-electron chi connectivity index (χ1n) is 8.80. The molecule has 0 fully saturated rings. The number of rotatable bonds is 7. The van der Waals surface area contributed by atoms with E-state index in [0.717, 1.165) is 4.31 Å². The van der Waals surface area contributed by atoms with Crippen molar-refractivity contribution in [3.05, 3.63) is 94.0 Å². The maximum absolute atomic E-state index is 13.3. The van der Waals surface area contributed by atoms with Crippen molar-refractivity contribution in [1.29, 1.82) is 0 Å². The molecule has 1 atom stereocenters. The van der Waals surface area contributed by atoms with Gasteiger partial charge in [0.25, 0.3) is 10.0 Å². The fraction of sp³-hybridized carbons (Fsp3) is 0.0952. The minimum atomic E-state index is -4.17. The van der Waals surface area contributed by atoms with Crippen LogP contribution in [0.5, 0.6) is 0 Å². The van der Waals surface area contributed by atoms with Gasteiger partial charge in [0.2, 0.25) is 5.91 Å². The topological polar surface area (TPSA) is 101 Å². The molecule has 0 heterocycles. The zero-order valence-electron chi connectivity index (χ0n) is 15.6. The molecule has 0 saturated heterocycles. The second-order valence-corrected chi connectivity index (χ2v) is 9.12. The van der Waals surface area contributed by atoms with Crippen molar-refractivity contribution in [2.45, 2.75) is 11.0 Å². The molecule has 0 bridgehead atoms. The molecule has 0 aliphatic rings. The molecule has 3 aromatic carbocycles. The van der Waals surface area contributed by atoms with E-state index in [-0.39, 0.29) is 21.2 Å². The molecule has 0 aliphatic heterocycles. The quantitative estimate of drug-likeness (QED) is 0.555. The number of amides is 1. The van der Waals surface area contributed by atoms with Crippen LogP contribution in [0, 0.1) is 0 Å². The van der Waals surface area contributed by atoms with Crippen LogP contribution in [0.15, 0.2) is 77.7 Å². The van der Waals surface area contributed by atoms with E-state index in [1.165, 1.54) is 30.3 Å². The van der Waals surface area contributed by atoms with Gasteiger partial charge in [0.05, 0.1) is 10.6 Å². The summed E-state index contributed by atoms with van der Waals surface area (Å²) in [5, 5.41) is 11.6. The maximum atomic E-state index is 13.3. The normalized spacial score (nSPS) is 12.4. The highest BCUT2D eigenvalue weighted by atomic mass is 35.5. The Labute approximate surface area is 184 Å². The molecule has 3 N–H and O–H groups in total. The third kappa shape index (κ3) is 4.60. The fourth-order valence-corrected chi connectivity index (χ4v) is 4.89.